The van der Waals surface area contributed by atoms with Gasteiger partial charge in [-0.15, -0.1) is 0 Å². The molecule has 0 aliphatic carbocycles. The van der Waals surface area contributed by atoms with E-state index in [0.29, 0.717) is 6.61 Å². The fraction of sp³-hybridized carbons (Fsp3) is 0.333. The number of aromatic nitrogens is 2. The Morgan fingerprint density at radius 3 is 3.10 bits per heavy atom. The van der Waals surface area contributed by atoms with Gasteiger partial charge in [0.15, 0.2) is 6.23 Å². The van der Waals surface area contributed by atoms with Gasteiger partial charge >= 0.3 is 5.97 Å². The molecule has 1 aliphatic heterocycles. The molecule has 2 aromatic rings. The number of aryl methyl sites for hydroxylation is 1. The minimum Gasteiger partial charge on any atom is -0.478 e. The van der Waals surface area contributed by atoms with Crippen LogP contribution in [0.2, 0.25) is 0 Å². The van der Waals surface area contributed by atoms with Crippen molar-refractivity contribution in [3.63, 3.8) is 0 Å². The summed E-state index contributed by atoms with van der Waals surface area (Å²) in [6.45, 7) is 2.82. The van der Waals surface area contributed by atoms with Crippen LogP contribution < -0.4 is 0 Å². The minimum atomic E-state index is -0.968. The van der Waals surface area contributed by atoms with Crippen molar-refractivity contribution in [1.82, 2.24) is 9.78 Å². The van der Waals surface area contributed by atoms with Crippen molar-refractivity contribution < 1.29 is 19.4 Å². The zero-order valence-electron chi connectivity index (χ0n) is 11.7. The lowest BCUT2D eigenvalue weighted by Gasteiger charge is -2.23. The Labute approximate surface area is 121 Å². The second-order valence-electron chi connectivity index (χ2n) is 4.88. The molecule has 1 unspecified atom stereocenters. The maximum Gasteiger partial charge on any atom is 0.328 e. The molecule has 3 rings (SSSR count). The Kier molecular flexibility index (Phi) is 3.72. The average Bonchev–Trinajstić information content (AvgIpc) is 2.84. The molecule has 1 N–H and O–H groups in total. The van der Waals surface area contributed by atoms with Gasteiger partial charge in [0.05, 0.1) is 17.8 Å². The monoisotopic (exact) mass is 288 g/mol. The third-order valence-corrected chi connectivity index (χ3v) is 3.47. The van der Waals surface area contributed by atoms with E-state index in [2.05, 4.69) is 5.10 Å². The van der Waals surface area contributed by atoms with E-state index in [-0.39, 0.29) is 13.0 Å². The van der Waals surface area contributed by atoms with E-state index in [9.17, 15) is 4.79 Å². The standard InChI is InChI=1S/C15H16N2O4/c1-10-15-11(5-6-14(18)19)3-2-4-12(15)17(16-10)13-7-8-20-9-21-13/h2-6,13H,7-9H2,1H3,(H,18,19)/b6-5+. The average molecular weight is 288 g/mol. The van der Waals surface area contributed by atoms with Crippen LogP contribution in [0.15, 0.2) is 24.3 Å². The number of benzene rings is 1. The highest BCUT2D eigenvalue weighted by atomic mass is 16.7. The third-order valence-electron chi connectivity index (χ3n) is 3.47. The SMILES string of the molecule is Cc1nn(C2CCOCO2)c2cccc(/C=C/C(=O)O)c12. The number of nitrogens with zero attached hydrogens (tertiary/aromatic N) is 2. The maximum absolute atomic E-state index is 10.7. The van der Waals surface area contributed by atoms with Crippen LogP contribution in [-0.4, -0.2) is 34.3 Å². The van der Waals surface area contributed by atoms with Crippen molar-refractivity contribution in [3.05, 3.63) is 35.5 Å². The summed E-state index contributed by atoms with van der Waals surface area (Å²) in [5.74, 6) is -0.968. The highest BCUT2D eigenvalue weighted by molar-refractivity contribution is 5.94. The third kappa shape index (κ3) is 2.68. The Morgan fingerprint density at radius 1 is 1.52 bits per heavy atom. The molecule has 110 valence electrons. The molecular formula is C15H16N2O4. The molecule has 2 heterocycles. The normalized spacial score (nSPS) is 19.4. The van der Waals surface area contributed by atoms with E-state index in [4.69, 9.17) is 14.6 Å². The lowest BCUT2D eigenvalue weighted by atomic mass is 10.1. The summed E-state index contributed by atoms with van der Waals surface area (Å²) in [4.78, 5) is 10.7. The zero-order chi connectivity index (χ0) is 14.8. The number of rotatable bonds is 3. The smallest absolute Gasteiger partial charge is 0.328 e. The van der Waals surface area contributed by atoms with Crippen LogP contribution in [0.5, 0.6) is 0 Å². The van der Waals surface area contributed by atoms with Gasteiger partial charge in [-0.1, -0.05) is 12.1 Å². The molecule has 0 amide bonds. The molecule has 6 heteroatoms. The number of hydrogen-bond acceptors (Lipinski definition) is 4. The van der Waals surface area contributed by atoms with Crippen LogP contribution in [0.4, 0.5) is 0 Å². The molecule has 0 bridgehead atoms. The molecule has 0 spiro atoms. The van der Waals surface area contributed by atoms with Gasteiger partial charge in [-0.3, -0.25) is 0 Å². The van der Waals surface area contributed by atoms with E-state index in [1.165, 1.54) is 0 Å². The number of hydrogen-bond donors (Lipinski definition) is 1. The van der Waals surface area contributed by atoms with Gasteiger partial charge < -0.3 is 14.6 Å². The van der Waals surface area contributed by atoms with Crippen molar-refractivity contribution >= 4 is 22.9 Å². The van der Waals surface area contributed by atoms with Crippen LogP contribution in [0.3, 0.4) is 0 Å². The van der Waals surface area contributed by atoms with Crippen molar-refractivity contribution in [1.29, 1.82) is 0 Å². The van der Waals surface area contributed by atoms with E-state index in [1.54, 1.807) is 6.08 Å². The molecule has 1 saturated heterocycles. The highest BCUT2D eigenvalue weighted by Crippen LogP contribution is 2.28. The van der Waals surface area contributed by atoms with Gasteiger partial charge in [-0.05, 0) is 24.6 Å². The Hall–Kier alpha value is -2.18. The Balaban J connectivity index is 2.08. The van der Waals surface area contributed by atoms with Crippen LogP contribution >= 0.6 is 0 Å². The van der Waals surface area contributed by atoms with Gasteiger partial charge in [-0.25, -0.2) is 9.48 Å². The summed E-state index contributed by atoms with van der Waals surface area (Å²) < 4.78 is 12.6. The second-order valence-corrected chi connectivity index (χ2v) is 4.88. The number of carboxylic acid groups (broad SMARTS) is 1. The predicted octanol–water partition coefficient (Wildman–Crippen LogP) is 2.34. The molecule has 0 radical (unpaired) electrons. The molecule has 1 fully saturated rings. The first-order valence-corrected chi connectivity index (χ1v) is 6.75. The van der Waals surface area contributed by atoms with E-state index in [0.717, 1.165) is 34.7 Å². The maximum atomic E-state index is 10.7. The zero-order valence-corrected chi connectivity index (χ0v) is 11.7. The predicted molar refractivity (Wildman–Crippen MR) is 76.7 cm³/mol. The quantitative estimate of drug-likeness (QED) is 0.877. The number of carbonyl (C=O) groups is 1. The highest BCUT2D eigenvalue weighted by Gasteiger charge is 2.20. The van der Waals surface area contributed by atoms with Gasteiger partial charge in [0.1, 0.15) is 6.79 Å². The van der Waals surface area contributed by atoms with Crippen molar-refractivity contribution in [2.24, 2.45) is 0 Å². The van der Waals surface area contributed by atoms with Gasteiger partial charge in [0.25, 0.3) is 0 Å². The molecule has 1 atom stereocenters. The van der Waals surface area contributed by atoms with Crippen molar-refractivity contribution in [2.75, 3.05) is 13.4 Å². The van der Waals surface area contributed by atoms with Gasteiger partial charge in [0, 0.05) is 17.9 Å². The first-order chi connectivity index (χ1) is 10.2. The fourth-order valence-corrected chi connectivity index (χ4v) is 2.57. The first kappa shape index (κ1) is 13.8. The molecule has 1 aromatic carbocycles. The molecule has 6 nitrogen and oxygen atoms in total. The Morgan fingerprint density at radius 2 is 2.38 bits per heavy atom. The number of ether oxygens (including phenoxy) is 2. The Bertz CT molecular complexity index is 699. The summed E-state index contributed by atoms with van der Waals surface area (Å²) in [7, 11) is 0. The van der Waals surface area contributed by atoms with Crippen LogP contribution in [0, 0.1) is 6.92 Å². The summed E-state index contributed by atoms with van der Waals surface area (Å²) >= 11 is 0. The fourth-order valence-electron chi connectivity index (χ4n) is 2.57. The largest absolute Gasteiger partial charge is 0.478 e. The first-order valence-electron chi connectivity index (χ1n) is 6.75. The summed E-state index contributed by atoms with van der Waals surface area (Å²) in [6.07, 6.45) is 3.32. The van der Waals surface area contributed by atoms with Gasteiger partial charge in [-0.2, -0.15) is 5.10 Å². The van der Waals surface area contributed by atoms with E-state index < -0.39 is 5.97 Å². The second kappa shape index (κ2) is 5.67. The lowest BCUT2D eigenvalue weighted by molar-refractivity contribution is -0.168. The van der Waals surface area contributed by atoms with Gasteiger partial charge in [0.2, 0.25) is 0 Å². The molecule has 1 aromatic heterocycles. The molecule has 21 heavy (non-hydrogen) atoms. The van der Waals surface area contributed by atoms with Crippen molar-refractivity contribution in [2.45, 2.75) is 19.6 Å². The van der Waals surface area contributed by atoms with Crippen molar-refractivity contribution in [3.8, 4) is 0 Å². The summed E-state index contributed by atoms with van der Waals surface area (Å²) in [5, 5.41) is 14.3. The molecular weight excluding hydrogens is 272 g/mol. The number of carboxylic acids is 1. The lowest BCUT2D eigenvalue weighted by Crippen LogP contribution is -2.23. The topological polar surface area (TPSA) is 73.6 Å². The minimum absolute atomic E-state index is 0.145. The molecule has 0 saturated carbocycles. The van der Waals surface area contributed by atoms with Crippen LogP contribution in [0.25, 0.3) is 17.0 Å². The summed E-state index contributed by atoms with van der Waals surface area (Å²) in [6, 6.07) is 5.73. The summed E-state index contributed by atoms with van der Waals surface area (Å²) in [5.41, 5.74) is 2.63. The van der Waals surface area contributed by atoms with E-state index >= 15 is 0 Å². The van der Waals surface area contributed by atoms with Crippen LogP contribution in [0.1, 0.15) is 23.9 Å². The number of fused-ring (bicyclic) bond motifs is 1. The number of aliphatic carboxylic acids is 1. The molecule has 1 aliphatic rings. The van der Waals surface area contributed by atoms with Crippen LogP contribution in [-0.2, 0) is 14.3 Å². The van der Waals surface area contributed by atoms with E-state index in [1.807, 2.05) is 29.8 Å².